The van der Waals surface area contributed by atoms with Gasteiger partial charge in [-0.05, 0) is 28.6 Å². The molecule has 0 saturated carbocycles. The van der Waals surface area contributed by atoms with Crippen molar-refractivity contribution >= 4 is 23.2 Å². The summed E-state index contributed by atoms with van der Waals surface area (Å²) in [5.41, 5.74) is 0.0382. The van der Waals surface area contributed by atoms with E-state index in [2.05, 4.69) is 15.5 Å². The van der Waals surface area contributed by atoms with E-state index in [0.717, 1.165) is 10.4 Å². The molecule has 146 valence electrons. The third-order valence-electron chi connectivity index (χ3n) is 5.10. The molecule has 1 aliphatic rings. The number of nitrogens with one attached hydrogen (secondary N) is 1. The maximum absolute atomic E-state index is 12.8. The fourth-order valence-corrected chi connectivity index (χ4v) is 4.39. The molecule has 2 aromatic heterocycles. The third-order valence-corrected chi connectivity index (χ3v) is 5.98. The lowest BCUT2D eigenvalue weighted by atomic mass is 9.78. The summed E-state index contributed by atoms with van der Waals surface area (Å²) in [6, 6.07) is 13.5. The molecule has 3 heterocycles. The standard InChI is InChI=1S/C20H22N4O3S/c1-14-21-19(23-27-14)24-10-9-20(17(25)13-24,15-6-3-2-4-7-15)22-18(26)12-16-8-5-11-28-16/h2-8,11,17,25H,9-10,12-13H2,1H3,(H,22,26)/t17-,20+/m1/s1. The van der Waals surface area contributed by atoms with Crippen molar-refractivity contribution in [3.63, 3.8) is 0 Å². The van der Waals surface area contributed by atoms with Crippen molar-refractivity contribution < 1.29 is 14.4 Å². The molecule has 1 amide bonds. The number of carbonyl (C=O) groups is 1. The first-order chi connectivity index (χ1) is 13.6. The monoisotopic (exact) mass is 398 g/mol. The number of piperidine rings is 1. The van der Waals surface area contributed by atoms with Crippen molar-refractivity contribution in [2.24, 2.45) is 0 Å². The number of aryl methyl sites for hydroxylation is 1. The van der Waals surface area contributed by atoms with E-state index in [-0.39, 0.29) is 5.91 Å². The maximum atomic E-state index is 12.8. The predicted molar refractivity (Wildman–Crippen MR) is 106 cm³/mol. The Morgan fingerprint density at radius 2 is 2.18 bits per heavy atom. The first-order valence-electron chi connectivity index (χ1n) is 9.19. The minimum absolute atomic E-state index is 0.103. The van der Waals surface area contributed by atoms with E-state index in [1.807, 2.05) is 52.7 Å². The van der Waals surface area contributed by atoms with Crippen LogP contribution in [-0.4, -0.2) is 40.3 Å². The van der Waals surface area contributed by atoms with Crippen molar-refractivity contribution in [3.8, 4) is 0 Å². The van der Waals surface area contributed by atoms with Crippen LogP contribution in [0.5, 0.6) is 0 Å². The highest BCUT2D eigenvalue weighted by Gasteiger charge is 2.45. The quantitative estimate of drug-likeness (QED) is 0.685. The lowest BCUT2D eigenvalue weighted by Crippen LogP contribution is -2.62. The highest BCUT2D eigenvalue weighted by Crippen LogP contribution is 2.34. The van der Waals surface area contributed by atoms with E-state index in [0.29, 0.717) is 37.8 Å². The minimum Gasteiger partial charge on any atom is -0.388 e. The number of anilines is 1. The number of aliphatic hydroxyl groups excluding tert-OH is 1. The highest BCUT2D eigenvalue weighted by molar-refractivity contribution is 7.10. The van der Waals surface area contributed by atoms with Gasteiger partial charge >= 0.3 is 0 Å². The number of thiophene rings is 1. The number of carbonyl (C=O) groups excluding carboxylic acids is 1. The molecule has 7 nitrogen and oxygen atoms in total. The van der Waals surface area contributed by atoms with Crippen molar-refractivity contribution in [1.29, 1.82) is 0 Å². The van der Waals surface area contributed by atoms with Gasteiger partial charge in [0.2, 0.25) is 11.8 Å². The molecule has 2 N–H and O–H groups in total. The summed E-state index contributed by atoms with van der Waals surface area (Å²) < 4.78 is 5.06. The molecule has 1 aromatic carbocycles. The van der Waals surface area contributed by atoms with Crippen LogP contribution in [0.15, 0.2) is 52.4 Å². The predicted octanol–water partition coefficient (Wildman–Crippen LogP) is 2.26. The molecule has 1 fully saturated rings. The number of aliphatic hydroxyl groups is 1. The molecule has 2 atom stereocenters. The smallest absolute Gasteiger partial charge is 0.266 e. The van der Waals surface area contributed by atoms with Crippen LogP contribution in [0.25, 0.3) is 0 Å². The Morgan fingerprint density at radius 1 is 1.36 bits per heavy atom. The molecule has 0 unspecified atom stereocenters. The van der Waals surface area contributed by atoms with Crippen LogP contribution in [0.4, 0.5) is 5.95 Å². The lowest BCUT2D eigenvalue weighted by Gasteiger charge is -2.46. The van der Waals surface area contributed by atoms with Crippen LogP contribution in [0, 0.1) is 6.92 Å². The Labute approximate surface area is 167 Å². The summed E-state index contributed by atoms with van der Waals surface area (Å²) in [5.74, 6) is 0.839. The fraction of sp³-hybridized carbons (Fsp3) is 0.350. The van der Waals surface area contributed by atoms with E-state index >= 15 is 0 Å². The van der Waals surface area contributed by atoms with E-state index in [4.69, 9.17) is 4.52 Å². The van der Waals surface area contributed by atoms with Crippen LogP contribution in [0.1, 0.15) is 22.8 Å². The molecule has 0 aliphatic carbocycles. The molecule has 3 aromatic rings. The SMILES string of the molecule is Cc1nc(N2CC[C@](NC(=O)Cc3cccs3)(c3ccccc3)[C@H](O)C2)no1. The average molecular weight is 398 g/mol. The highest BCUT2D eigenvalue weighted by atomic mass is 32.1. The first-order valence-corrected chi connectivity index (χ1v) is 10.1. The van der Waals surface area contributed by atoms with Gasteiger partial charge in [0.1, 0.15) is 0 Å². The zero-order valence-corrected chi connectivity index (χ0v) is 16.4. The molecule has 28 heavy (non-hydrogen) atoms. The van der Waals surface area contributed by atoms with E-state index < -0.39 is 11.6 Å². The molecular formula is C20H22N4O3S. The van der Waals surface area contributed by atoms with Crippen molar-refractivity contribution in [2.45, 2.75) is 31.4 Å². The third kappa shape index (κ3) is 3.65. The second kappa shape index (κ2) is 7.73. The van der Waals surface area contributed by atoms with E-state index in [1.165, 1.54) is 0 Å². The number of rotatable bonds is 5. The van der Waals surface area contributed by atoms with Gasteiger partial charge in [-0.2, -0.15) is 4.98 Å². The largest absolute Gasteiger partial charge is 0.388 e. The molecular weight excluding hydrogens is 376 g/mol. The van der Waals surface area contributed by atoms with Gasteiger partial charge in [0.25, 0.3) is 5.95 Å². The van der Waals surface area contributed by atoms with Crippen molar-refractivity contribution in [1.82, 2.24) is 15.5 Å². The summed E-state index contributed by atoms with van der Waals surface area (Å²) in [7, 11) is 0. The average Bonchev–Trinajstić information content (AvgIpc) is 3.36. The lowest BCUT2D eigenvalue weighted by molar-refractivity contribution is -0.124. The minimum atomic E-state index is -0.856. The second-order valence-corrected chi connectivity index (χ2v) is 8.00. The Kier molecular flexibility index (Phi) is 5.15. The Balaban J connectivity index is 1.58. The molecule has 4 rings (SSSR count). The number of benzene rings is 1. The van der Waals surface area contributed by atoms with Gasteiger partial charge in [-0.25, -0.2) is 0 Å². The molecule has 1 saturated heterocycles. The number of β-amino-alcohol motifs (C(OH)–C–C–N with tert-alkyl or cyclic N) is 1. The number of hydrogen-bond acceptors (Lipinski definition) is 7. The van der Waals surface area contributed by atoms with Gasteiger partial charge in [-0.1, -0.05) is 36.4 Å². The molecule has 0 bridgehead atoms. The summed E-state index contributed by atoms with van der Waals surface area (Å²) in [4.78, 5) is 19.9. The number of nitrogens with zero attached hydrogens (tertiary/aromatic N) is 3. The number of amides is 1. The molecule has 0 radical (unpaired) electrons. The fourth-order valence-electron chi connectivity index (χ4n) is 3.69. The normalized spacial score (nSPS) is 22.2. The van der Waals surface area contributed by atoms with Crippen LogP contribution in [0.2, 0.25) is 0 Å². The van der Waals surface area contributed by atoms with Gasteiger partial charge < -0.3 is 19.8 Å². The zero-order chi connectivity index (χ0) is 19.6. The summed E-state index contributed by atoms with van der Waals surface area (Å²) in [6.07, 6.45) is 0.00373. The Morgan fingerprint density at radius 3 is 2.82 bits per heavy atom. The van der Waals surface area contributed by atoms with Crippen molar-refractivity contribution in [2.75, 3.05) is 18.0 Å². The number of hydrogen-bond donors (Lipinski definition) is 2. The van der Waals surface area contributed by atoms with Crippen LogP contribution >= 0.6 is 11.3 Å². The first kappa shape index (κ1) is 18.6. The van der Waals surface area contributed by atoms with E-state index in [1.54, 1.807) is 18.3 Å². The molecule has 1 aliphatic heterocycles. The summed E-state index contributed by atoms with van der Waals surface area (Å²) >= 11 is 1.55. The topological polar surface area (TPSA) is 91.5 Å². The van der Waals surface area contributed by atoms with Crippen molar-refractivity contribution in [3.05, 3.63) is 64.2 Å². The number of aromatic nitrogens is 2. The van der Waals surface area contributed by atoms with E-state index in [9.17, 15) is 9.90 Å². The summed E-state index contributed by atoms with van der Waals surface area (Å²) in [6.45, 7) is 2.62. The Hall–Kier alpha value is -2.71. The van der Waals surface area contributed by atoms with Gasteiger partial charge in [0.15, 0.2) is 0 Å². The Bertz CT molecular complexity index is 928. The second-order valence-electron chi connectivity index (χ2n) is 6.97. The van der Waals surface area contributed by atoms with Gasteiger partial charge in [0.05, 0.1) is 18.1 Å². The zero-order valence-electron chi connectivity index (χ0n) is 15.5. The molecule has 0 spiro atoms. The van der Waals surface area contributed by atoms with Crippen LogP contribution in [-0.2, 0) is 16.8 Å². The van der Waals surface area contributed by atoms with Gasteiger partial charge in [-0.3, -0.25) is 4.79 Å². The van der Waals surface area contributed by atoms with Crippen LogP contribution < -0.4 is 10.2 Å². The summed E-state index contributed by atoms with van der Waals surface area (Å²) in [5, 5.41) is 20.2. The van der Waals surface area contributed by atoms with Gasteiger partial charge in [-0.15, -0.1) is 11.3 Å². The maximum Gasteiger partial charge on any atom is 0.266 e. The molecule has 8 heteroatoms. The van der Waals surface area contributed by atoms with Gasteiger partial charge in [0, 0.05) is 24.9 Å². The van der Waals surface area contributed by atoms with Crippen LogP contribution in [0.3, 0.4) is 0 Å².